The Morgan fingerprint density at radius 2 is 1.84 bits per heavy atom. The molecule has 0 radical (unpaired) electrons. The van der Waals surface area contributed by atoms with Crippen LogP contribution < -0.4 is 5.32 Å². The Morgan fingerprint density at radius 1 is 1.11 bits per heavy atom. The normalized spacial score (nSPS) is 11.1. The van der Waals surface area contributed by atoms with E-state index in [1.807, 2.05) is 6.92 Å². The number of thiazole rings is 1. The number of rotatable bonds is 12. The van der Waals surface area contributed by atoms with Gasteiger partial charge < -0.3 is 19.5 Å². The molecule has 6 heteroatoms. The molecule has 0 saturated carbocycles. The molecular formula is C13H24N2O3S. The molecule has 1 N–H and O–H groups in total. The Labute approximate surface area is 119 Å². The third-order valence-corrected chi connectivity index (χ3v) is 3.27. The summed E-state index contributed by atoms with van der Waals surface area (Å²) >= 11 is 1.70. The summed E-state index contributed by atoms with van der Waals surface area (Å²) in [4.78, 5) is 4.41. The van der Waals surface area contributed by atoms with Crippen LogP contribution >= 0.6 is 11.3 Å². The molecule has 1 aromatic heterocycles. The second-order valence-electron chi connectivity index (χ2n) is 4.08. The molecule has 0 spiro atoms. The van der Waals surface area contributed by atoms with Crippen molar-refractivity contribution in [2.24, 2.45) is 0 Å². The molecule has 0 saturated heterocycles. The van der Waals surface area contributed by atoms with Crippen molar-refractivity contribution in [3.8, 4) is 0 Å². The minimum absolute atomic E-state index is 0.626. The lowest BCUT2D eigenvalue weighted by Gasteiger charge is -2.06. The van der Waals surface area contributed by atoms with E-state index in [0.29, 0.717) is 33.0 Å². The lowest BCUT2D eigenvalue weighted by Crippen LogP contribution is -2.23. The Kier molecular flexibility index (Phi) is 9.84. The molecule has 19 heavy (non-hydrogen) atoms. The first-order valence-electron chi connectivity index (χ1n) is 6.59. The highest BCUT2D eigenvalue weighted by molar-refractivity contribution is 7.09. The number of nitrogens with one attached hydrogen (secondary N) is 1. The molecule has 0 aliphatic rings. The first-order chi connectivity index (χ1) is 9.33. The van der Waals surface area contributed by atoms with Gasteiger partial charge in [0.05, 0.1) is 43.7 Å². The van der Waals surface area contributed by atoms with Gasteiger partial charge in [0.15, 0.2) is 0 Å². The van der Waals surface area contributed by atoms with Gasteiger partial charge in [-0.1, -0.05) is 0 Å². The van der Waals surface area contributed by atoms with Crippen molar-refractivity contribution in [3.63, 3.8) is 0 Å². The maximum atomic E-state index is 5.43. The van der Waals surface area contributed by atoms with Gasteiger partial charge in [-0.15, -0.1) is 11.3 Å². The smallest absolute Gasteiger partial charge is 0.0897 e. The van der Waals surface area contributed by atoms with E-state index in [1.54, 1.807) is 18.4 Å². The third kappa shape index (κ3) is 9.07. The molecule has 1 heterocycles. The van der Waals surface area contributed by atoms with E-state index < -0.39 is 0 Å². The highest BCUT2D eigenvalue weighted by Gasteiger charge is 1.97. The van der Waals surface area contributed by atoms with Crippen molar-refractivity contribution in [3.05, 3.63) is 16.1 Å². The van der Waals surface area contributed by atoms with Gasteiger partial charge in [0.1, 0.15) is 0 Å². The Balaban J connectivity index is 1.79. The summed E-state index contributed by atoms with van der Waals surface area (Å²) < 4.78 is 15.6. The van der Waals surface area contributed by atoms with Crippen LogP contribution in [-0.4, -0.2) is 58.2 Å². The maximum Gasteiger partial charge on any atom is 0.0897 e. The van der Waals surface area contributed by atoms with Gasteiger partial charge in [-0.2, -0.15) is 0 Å². The van der Waals surface area contributed by atoms with E-state index in [9.17, 15) is 0 Å². The molecule has 0 unspecified atom stereocenters. The summed E-state index contributed by atoms with van der Waals surface area (Å²) in [6.45, 7) is 7.08. The molecule has 0 bridgehead atoms. The first-order valence-corrected chi connectivity index (χ1v) is 7.47. The number of aromatic nitrogens is 1. The summed E-state index contributed by atoms with van der Waals surface area (Å²) in [7, 11) is 1.67. The van der Waals surface area contributed by atoms with Crippen LogP contribution in [0.15, 0.2) is 5.38 Å². The van der Waals surface area contributed by atoms with Gasteiger partial charge in [0.25, 0.3) is 0 Å². The molecule has 0 aromatic carbocycles. The zero-order valence-corrected chi connectivity index (χ0v) is 12.6. The molecule has 110 valence electrons. The predicted molar refractivity (Wildman–Crippen MR) is 76.9 cm³/mol. The minimum Gasteiger partial charge on any atom is -0.382 e. The Bertz CT molecular complexity index is 321. The van der Waals surface area contributed by atoms with Crippen LogP contribution in [0.1, 0.15) is 10.7 Å². The lowest BCUT2D eigenvalue weighted by molar-refractivity contribution is 0.0256. The van der Waals surface area contributed by atoms with E-state index in [0.717, 1.165) is 24.5 Å². The number of aryl methyl sites for hydroxylation is 1. The average molecular weight is 288 g/mol. The zero-order chi connectivity index (χ0) is 13.8. The van der Waals surface area contributed by atoms with Crippen molar-refractivity contribution in [1.29, 1.82) is 0 Å². The van der Waals surface area contributed by atoms with Crippen molar-refractivity contribution in [2.45, 2.75) is 13.3 Å². The summed E-state index contributed by atoms with van der Waals surface area (Å²) in [5.41, 5.74) is 1.17. The molecule has 0 aliphatic heterocycles. The zero-order valence-electron chi connectivity index (χ0n) is 11.8. The number of ether oxygens (including phenoxy) is 3. The quantitative estimate of drug-likeness (QED) is 0.587. The monoisotopic (exact) mass is 288 g/mol. The number of hydrogen-bond acceptors (Lipinski definition) is 6. The van der Waals surface area contributed by atoms with E-state index in [1.165, 1.54) is 5.69 Å². The largest absolute Gasteiger partial charge is 0.382 e. The van der Waals surface area contributed by atoms with Crippen molar-refractivity contribution < 1.29 is 14.2 Å². The van der Waals surface area contributed by atoms with E-state index in [4.69, 9.17) is 14.2 Å². The molecule has 1 aromatic rings. The number of nitrogens with zero attached hydrogens (tertiary/aromatic N) is 1. The maximum absolute atomic E-state index is 5.43. The van der Waals surface area contributed by atoms with Crippen molar-refractivity contribution >= 4 is 11.3 Å². The van der Waals surface area contributed by atoms with Gasteiger partial charge in [-0.05, 0) is 6.92 Å². The van der Waals surface area contributed by atoms with Crippen LogP contribution in [0.3, 0.4) is 0 Å². The van der Waals surface area contributed by atoms with Crippen LogP contribution in [-0.2, 0) is 20.6 Å². The molecular weight excluding hydrogens is 264 g/mol. The Hall–Kier alpha value is -0.530. The minimum atomic E-state index is 0.626. The second kappa shape index (κ2) is 11.3. The topological polar surface area (TPSA) is 52.6 Å². The van der Waals surface area contributed by atoms with Crippen LogP contribution in [0, 0.1) is 6.92 Å². The predicted octanol–water partition coefficient (Wildman–Crippen LogP) is 1.26. The van der Waals surface area contributed by atoms with Crippen LogP contribution in [0.2, 0.25) is 0 Å². The van der Waals surface area contributed by atoms with Gasteiger partial charge in [0, 0.05) is 32.0 Å². The summed E-state index contributed by atoms with van der Waals surface area (Å²) in [6.07, 6.45) is 0.977. The van der Waals surface area contributed by atoms with Crippen molar-refractivity contribution in [1.82, 2.24) is 10.3 Å². The fraction of sp³-hybridized carbons (Fsp3) is 0.769. The second-order valence-corrected chi connectivity index (χ2v) is 5.14. The molecule has 5 nitrogen and oxygen atoms in total. The van der Waals surface area contributed by atoms with E-state index in [2.05, 4.69) is 15.7 Å². The van der Waals surface area contributed by atoms with Gasteiger partial charge in [0.2, 0.25) is 0 Å². The van der Waals surface area contributed by atoms with E-state index >= 15 is 0 Å². The van der Waals surface area contributed by atoms with Crippen molar-refractivity contribution in [2.75, 3.05) is 53.2 Å². The average Bonchev–Trinajstić information content (AvgIpc) is 2.82. The highest BCUT2D eigenvalue weighted by Crippen LogP contribution is 2.07. The molecule has 0 aliphatic carbocycles. The number of methoxy groups -OCH3 is 1. The molecule has 0 fully saturated rings. The number of hydrogen-bond donors (Lipinski definition) is 1. The molecule has 0 atom stereocenters. The first kappa shape index (κ1) is 16.5. The van der Waals surface area contributed by atoms with Gasteiger partial charge in [-0.25, -0.2) is 4.98 Å². The third-order valence-electron chi connectivity index (χ3n) is 2.45. The summed E-state index contributed by atoms with van der Waals surface area (Å²) in [5, 5.41) is 6.58. The molecule has 0 amide bonds. The van der Waals surface area contributed by atoms with Crippen LogP contribution in [0.5, 0.6) is 0 Å². The fourth-order valence-corrected chi connectivity index (χ4v) is 2.12. The Morgan fingerprint density at radius 3 is 2.53 bits per heavy atom. The van der Waals surface area contributed by atoms with Crippen LogP contribution in [0.4, 0.5) is 0 Å². The lowest BCUT2D eigenvalue weighted by atomic mass is 10.3. The van der Waals surface area contributed by atoms with Gasteiger partial charge >= 0.3 is 0 Å². The highest BCUT2D eigenvalue weighted by atomic mass is 32.1. The molecule has 1 rings (SSSR count). The summed E-state index contributed by atoms with van der Waals surface area (Å²) in [5.74, 6) is 0. The SMILES string of the molecule is COCCOCCOCCNCCc1csc(C)n1. The fourth-order valence-electron chi connectivity index (χ4n) is 1.47. The van der Waals surface area contributed by atoms with Gasteiger partial charge in [-0.3, -0.25) is 0 Å². The van der Waals surface area contributed by atoms with E-state index in [-0.39, 0.29) is 0 Å². The summed E-state index contributed by atoms with van der Waals surface area (Å²) in [6, 6.07) is 0. The standard InChI is InChI=1S/C13H24N2O3S/c1-12-15-13(11-19-12)3-4-14-5-6-17-9-10-18-8-7-16-2/h11,14H,3-10H2,1-2H3. The van der Waals surface area contributed by atoms with Crippen LogP contribution in [0.25, 0.3) is 0 Å².